The summed E-state index contributed by atoms with van der Waals surface area (Å²) in [5.74, 6) is -0.356. The van der Waals surface area contributed by atoms with Crippen LogP contribution >= 0.6 is 27.3 Å². The molecule has 0 atom stereocenters. The number of nitrogens with one attached hydrogen (secondary N) is 1. The number of hydrogen-bond acceptors (Lipinski definition) is 5. The zero-order valence-corrected chi connectivity index (χ0v) is 13.0. The lowest BCUT2D eigenvalue weighted by Gasteiger charge is -2.02. The third-order valence-corrected chi connectivity index (χ3v) is 4.10. The van der Waals surface area contributed by atoms with Gasteiger partial charge < -0.3 is 0 Å². The molecule has 1 saturated heterocycles. The monoisotopic (exact) mass is 364 g/mol. The van der Waals surface area contributed by atoms with E-state index in [4.69, 9.17) is 0 Å². The normalized spacial score (nSPS) is 15.0. The quantitative estimate of drug-likeness (QED) is 0.671. The molecule has 0 spiro atoms. The maximum Gasteiger partial charge on any atom is 0.344 e. The van der Waals surface area contributed by atoms with Crippen molar-refractivity contribution in [1.29, 1.82) is 0 Å². The van der Waals surface area contributed by atoms with Crippen LogP contribution in [0.5, 0.6) is 0 Å². The topological polar surface area (TPSA) is 74.7 Å². The molecule has 2 heterocycles. The van der Waals surface area contributed by atoms with E-state index in [9.17, 15) is 9.59 Å². The number of carbonyl (C=O) groups is 2. The lowest BCUT2D eigenvalue weighted by molar-refractivity contribution is -0.118. The molecule has 1 aliphatic heterocycles. The summed E-state index contributed by atoms with van der Waals surface area (Å²) in [6.07, 6.45) is 1.47. The molecule has 3 amide bonds. The summed E-state index contributed by atoms with van der Waals surface area (Å²) in [5.41, 5.74) is 1.64. The first-order valence-corrected chi connectivity index (χ1v) is 7.66. The van der Waals surface area contributed by atoms with Crippen LogP contribution in [0.1, 0.15) is 5.69 Å². The predicted molar refractivity (Wildman–Crippen MR) is 83.1 cm³/mol. The van der Waals surface area contributed by atoms with Gasteiger partial charge in [0.15, 0.2) is 0 Å². The van der Waals surface area contributed by atoms with Gasteiger partial charge in [-0.05, 0) is 12.1 Å². The van der Waals surface area contributed by atoms with Gasteiger partial charge in [0, 0.05) is 15.4 Å². The lowest BCUT2D eigenvalue weighted by atomic mass is 10.2. The van der Waals surface area contributed by atoms with Gasteiger partial charge in [-0.3, -0.25) is 10.1 Å². The van der Waals surface area contributed by atoms with Crippen molar-refractivity contribution in [3.8, 4) is 10.6 Å². The molecular weight excluding hydrogens is 356 g/mol. The van der Waals surface area contributed by atoms with Crippen molar-refractivity contribution in [3.63, 3.8) is 0 Å². The summed E-state index contributed by atoms with van der Waals surface area (Å²) < 4.78 is 0.984. The number of rotatable bonds is 3. The minimum absolute atomic E-state index is 0.0576. The fourth-order valence-corrected chi connectivity index (χ4v) is 2.92. The van der Waals surface area contributed by atoms with Gasteiger partial charge in [0.2, 0.25) is 5.91 Å². The Kier molecular flexibility index (Phi) is 3.80. The number of hydrogen-bond donors (Lipinski definition) is 1. The number of urea groups is 1. The molecule has 0 unspecified atom stereocenters. The first kappa shape index (κ1) is 13.9. The Bertz CT molecular complexity index is 743. The van der Waals surface area contributed by atoms with E-state index in [0.29, 0.717) is 5.69 Å². The number of carbonyl (C=O) groups excluding carboxylic acids is 2. The molecule has 21 heavy (non-hydrogen) atoms. The van der Waals surface area contributed by atoms with Gasteiger partial charge in [0.1, 0.15) is 11.6 Å². The van der Waals surface area contributed by atoms with Crippen molar-refractivity contribution < 1.29 is 9.59 Å². The largest absolute Gasteiger partial charge is 0.344 e. The van der Waals surface area contributed by atoms with E-state index in [1.807, 2.05) is 29.6 Å². The predicted octanol–water partition coefficient (Wildman–Crippen LogP) is 2.46. The summed E-state index contributed by atoms with van der Waals surface area (Å²) in [7, 11) is 0. The zero-order chi connectivity index (χ0) is 14.8. The van der Waals surface area contributed by atoms with Crippen LogP contribution < -0.4 is 5.32 Å². The highest BCUT2D eigenvalue weighted by Gasteiger charge is 2.25. The molecule has 0 saturated carbocycles. The second-order valence-corrected chi connectivity index (χ2v) is 6.02. The van der Waals surface area contributed by atoms with Gasteiger partial charge in [-0.2, -0.15) is 5.10 Å². The maximum absolute atomic E-state index is 11.3. The molecule has 106 valence electrons. The number of nitrogens with zero attached hydrogens (tertiary/aromatic N) is 3. The van der Waals surface area contributed by atoms with Gasteiger partial charge >= 0.3 is 6.03 Å². The van der Waals surface area contributed by atoms with Crippen LogP contribution in [0, 0.1) is 0 Å². The minimum atomic E-state index is -0.515. The Morgan fingerprint density at radius 3 is 3.00 bits per heavy atom. The molecule has 6 nitrogen and oxygen atoms in total. The molecule has 1 N–H and O–H groups in total. The molecule has 1 fully saturated rings. The van der Waals surface area contributed by atoms with Gasteiger partial charge in [-0.15, -0.1) is 11.3 Å². The smallest absolute Gasteiger partial charge is 0.275 e. The van der Waals surface area contributed by atoms with E-state index < -0.39 is 6.03 Å². The molecule has 3 rings (SSSR count). The highest BCUT2D eigenvalue weighted by molar-refractivity contribution is 9.10. The van der Waals surface area contributed by atoms with Crippen LogP contribution in [0.25, 0.3) is 10.6 Å². The number of hydrazone groups is 1. The van der Waals surface area contributed by atoms with Crippen molar-refractivity contribution in [1.82, 2.24) is 15.3 Å². The average molecular weight is 365 g/mol. The van der Waals surface area contributed by atoms with E-state index in [2.05, 4.69) is 31.3 Å². The Balaban J connectivity index is 1.76. The second-order valence-electron chi connectivity index (χ2n) is 4.24. The third kappa shape index (κ3) is 3.17. The van der Waals surface area contributed by atoms with Crippen molar-refractivity contribution in [2.75, 3.05) is 6.54 Å². The van der Waals surface area contributed by atoms with E-state index in [-0.39, 0.29) is 12.5 Å². The summed E-state index contributed by atoms with van der Waals surface area (Å²) in [4.78, 5) is 26.8. The highest BCUT2D eigenvalue weighted by atomic mass is 79.9. The second kappa shape index (κ2) is 5.74. The van der Waals surface area contributed by atoms with Crippen molar-refractivity contribution in [2.24, 2.45) is 5.10 Å². The minimum Gasteiger partial charge on any atom is -0.275 e. The maximum atomic E-state index is 11.3. The average Bonchev–Trinajstić information content (AvgIpc) is 3.03. The third-order valence-electron chi connectivity index (χ3n) is 2.70. The highest BCUT2D eigenvalue weighted by Crippen LogP contribution is 2.25. The summed E-state index contributed by atoms with van der Waals surface area (Å²) in [6.45, 7) is -0.0576. The number of benzene rings is 1. The molecule has 0 aliphatic carbocycles. The van der Waals surface area contributed by atoms with Gasteiger partial charge in [0.05, 0.1) is 11.9 Å². The molecule has 0 bridgehead atoms. The van der Waals surface area contributed by atoms with E-state index in [0.717, 1.165) is 20.1 Å². The number of imide groups is 1. The summed E-state index contributed by atoms with van der Waals surface area (Å²) in [5, 5.41) is 9.89. The molecule has 1 aromatic heterocycles. The van der Waals surface area contributed by atoms with Crippen LogP contribution in [0.2, 0.25) is 0 Å². The summed E-state index contributed by atoms with van der Waals surface area (Å²) in [6, 6.07) is 7.32. The Morgan fingerprint density at radius 1 is 1.43 bits per heavy atom. The van der Waals surface area contributed by atoms with Gasteiger partial charge in [0.25, 0.3) is 0 Å². The molecule has 1 aromatic carbocycles. The molecule has 2 aromatic rings. The van der Waals surface area contributed by atoms with Crippen LogP contribution in [0.4, 0.5) is 4.79 Å². The van der Waals surface area contributed by atoms with Crippen molar-refractivity contribution in [3.05, 3.63) is 39.8 Å². The van der Waals surface area contributed by atoms with E-state index >= 15 is 0 Å². The number of thiazole rings is 1. The first-order valence-electron chi connectivity index (χ1n) is 5.98. The van der Waals surface area contributed by atoms with Crippen LogP contribution in [-0.4, -0.2) is 34.7 Å². The molecule has 1 aliphatic rings. The SMILES string of the molecule is O=C1CN(/N=C\c2csc(-c3cccc(Br)c3)n2)C(=O)N1. The Labute approximate surface area is 132 Å². The van der Waals surface area contributed by atoms with Gasteiger partial charge in [-0.25, -0.2) is 14.8 Å². The van der Waals surface area contributed by atoms with Crippen LogP contribution in [0.15, 0.2) is 39.2 Å². The summed E-state index contributed by atoms with van der Waals surface area (Å²) >= 11 is 4.91. The molecular formula is C13H9BrN4O2S. The Morgan fingerprint density at radius 2 is 2.29 bits per heavy atom. The zero-order valence-electron chi connectivity index (χ0n) is 10.6. The van der Waals surface area contributed by atoms with E-state index in [1.165, 1.54) is 17.6 Å². The fourth-order valence-electron chi connectivity index (χ4n) is 1.75. The van der Waals surface area contributed by atoms with Crippen molar-refractivity contribution >= 4 is 45.4 Å². The standard InChI is InChI=1S/C13H9BrN4O2S/c14-9-3-1-2-8(4-9)12-16-10(7-21-12)5-15-18-6-11(19)17-13(18)20/h1-5,7H,6H2,(H,17,19,20)/b15-5-. The lowest BCUT2D eigenvalue weighted by Crippen LogP contribution is -2.24. The number of aromatic nitrogens is 1. The number of halogens is 1. The van der Waals surface area contributed by atoms with E-state index in [1.54, 1.807) is 0 Å². The fraction of sp³-hybridized carbons (Fsp3) is 0.0769. The molecule has 0 radical (unpaired) electrons. The van der Waals surface area contributed by atoms with Crippen LogP contribution in [-0.2, 0) is 4.79 Å². The van der Waals surface area contributed by atoms with Crippen molar-refractivity contribution in [2.45, 2.75) is 0 Å². The first-order chi connectivity index (χ1) is 10.1. The number of amides is 3. The van der Waals surface area contributed by atoms with Crippen LogP contribution in [0.3, 0.4) is 0 Å². The Hall–Kier alpha value is -2.06. The molecule has 8 heteroatoms. The van der Waals surface area contributed by atoms with Gasteiger partial charge in [-0.1, -0.05) is 28.1 Å².